The van der Waals surface area contributed by atoms with Crippen LogP contribution in [0.2, 0.25) is 0 Å². The number of fused-ring (bicyclic) bond motifs is 1. The number of imidazole rings is 1. The summed E-state index contributed by atoms with van der Waals surface area (Å²) in [5.41, 5.74) is 1.68. The smallest absolute Gasteiger partial charge is 0.358 e. The molecular weight excluding hydrogens is 335 g/mol. The SMILES string of the molecule is CCOC(=O)c1cnc2ccc(N3CC=C[C@@H]3c3cccc(F)c3)nn12. The van der Waals surface area contributed by atoms with E-state index in [4.69, 9.17) is 4.74 Å². The van der Waals surface area contributed by atoms with Crippen molar-refractivity contribution in [2.75, 3.05) is 18.1 Å². The van der Waals surface area contributed by atoms with E-state index in [1.165, 1.54) is 22.8 Å². The topological polar surface area (TPSA) is 59.7 Å². The minimum Gasteiger partial charge on any atom is -0.461 e. The molecule has 1 atom stereocenters. The van der Waals surface area contributed by atoms with Crippen molar-refractivity contribution in [3.63, 3.8) is 0 Å². The third kappa shape index (κ3) is 2.81. The van der Waals surface area contributed by atoms with Gasteiger partial charge < -0.3 is 9.64 Å². The first kappa shape index (κ1) is 16.3. The first-order chi connectivity index (χ1) is 12.7. The van der Waals surface area contributed by atoms with Crippen LogP contribution in [0.1, 0.15) is 29.0 Å². The fourth-order valence-electron chi connectivity index (χ4n) is 3.10. The van der Waals surface area contributed by atoms with Crippen molar-refractivity contribution in [2.45, 2.75) is 13.0 Å². The zero-order valence-corrected chi connectivity index (χ0v) is 14.2. The number of hydrogen-bond acceptors (Lipinski definition) is 5. The number of carbonyl (C=O) groups is 1. The second kappa shape index (κ2) is 6.59. The van der Waals surface area contributed by atoms with Crippen LogP contribution in [0.15, 0.2) is 54.7 Å². The van der Waals surface area contributed by atoms with Crippen molar-refractivity contribution < 1.29 is 13.9 Å². The normalized spacial score (nSPS) is 16.4. The maximum absolute atomic E-state index is 13.6. The zero-order chi connectivity index (χ0) is 18.1. The van der Waals surface area contributed by atoms with Crippen molar-refractivity contribution in [3.05, 3.63) is 71.8 Å². The first-order valence-corrected chi connectivity index (χ1v) is 8.38. The monoisotopic (exact) mass is 352 g/mol. The number of carbonyl (C=O) groups excluding carboxylic acids is 1. The molecule has 26 heavy (non-hydrogen) atoms. The van der Waals surface area contributed by atoms with E-state index < -0.39 is 5.97 Å². The zero-order valence-electron chi connectivity index (χ0n) is 14.2. The van der Waals surface area contributed by atoms with E-state index >= 15 is 0 Å². The summed E-state index contributed by atoms with van der Waals surface area (Å²) >= 11 is 0. The molecule has 0 radical (unpaired) electrons. The lowest BCUT2D eigenvalue weighted by Crippen LogP contribution is -2.25. The average molecular weight is 352 g/mol. The maximum Gasteiger partial charge on any atom is 0.358 e. The second-order valence-corrected chi connectivity index (χ2v) is 5.91. The molecule has 7 heteroatoms. The van der Waals surface area contributed by atoms with Crippen LogP contribution in [0.25, 0.3) is 5.65 Å². The van der Waals surface area contributed by atoms with Crippen LogP contribution in [0, 0.1) is 5.82 Å². The highest BCUT2D eigenvalue weighted by Crippen LogP contribution is 2.31. The van der Waals surface area contributed by atoms with E-state index in [1.54, 1.807) is 19.1 Å². The molecule has 1 aliphatic rings. The van der Waals surface area contributed by atoms with E-state index in [0.717, 1.165) is 5.56 Å². The van der Waals surface area contributed by atoms with Crippen LogP contribution < -0.4 is 4.90 Å². The molecule has 0 fully saturated rings. The number of rotatable bonds is 4. The van der Waals surface area contributed by atoms with Gasteiger partial charge in [0.15, 0.2) is 17.2 Å². The van der Waals surface area contributed by atoms with Crippen molar-refractivity contribution in [1.29, 1.82) is 0 Å². The Bertz CT molecular complexity index is 998. The van der Waals surface area contributed by atoms with Gasteiger partial charge >= 0.3 is 5.97 Å². The van der Waals surface area contributed by atoms with Gasteiger partial charge in [0.05, 0.1) is 18.8 Å². The molecule has 0 bridgehead atoms. The highest BCUT2D eigenvalue weighted by molar-refractivity contribution is 5.88. The molecule has 0 aliphatic carbocycles. The Morgan fingerprint density at radius 2 is 2.23 bits per heavy atom. The lowest BCUT2D eigenvalue weighted by atomic mass is 10.1. The molecule has 0 spiro atoms. The van der Waals surface area contributed by atoms with Crippen molar-refractivity contribution >= 4 is 17.4 Å². The van der Waals surface area contributed by atoms with Gasteiger partial charge in [0.1, 0.15) is 5.82 Å². The molecule has 4 rings (SSSR count). The number of ether oxygens (including phenoxy) is 1. The number of aromatic nitrogens is 3. The molecule has 2 aromatic heterocycles. The number of esters is 1. The van der Waals surface area contributed by atoms with E-state index in [-0.39, 0.29) is 24.2 Å². The summed E-state index contributed by atoms with van der Waals surface area (Å²) < 4.78 is 20.1. The Morgan fingerprint density at radius 1 is 1.35 bits per heavy atom. The van der Waals surface area contributed by atoms with Gasteiger partial charge in [-0.15, -0.1) is 5.10 Å². The Morgan fingerprint density at radius 3 is 3.04 bits per heavy atom. The summed E-state index contributed by atoms with van der Waals surface area (Å²) in [5, 5.41) is 4.56. The van der Waals surface area contributed by atoms with Crippen LogP contribution >= 0.6 is 0 Å². The number of hydrogen-bond donors (Lipinski definition) is 0. The minimum atomic E-state index is -0.467. The lowest BCUT2D eigenvalue weighted by molar-refractivity contribution is 0.0517. The summed E-state index contributed by atoms with van der Waals surface area (Å²) in [6, 6.07) is 10.0. The highest BCUT2D eigenvalue weighted by Gasteiger charge is 2.24. The molecule has 0 N–H and O–H groups in total. The van der Waals surface area contributed by atoms with E-state index in [9.17, 15) is 9.18 Å². The fourth-order valence-corrected chi connectivity index (χ4v) is 3.10. The fraction of sp³-hybridized carbons (Fsp3) is 0.211. The van der Waals surface area contributed by atoms with Gasteiger partial charge in [-0.2, -0.15) is 0 Å². The summed E-state index contributed by atoms with van der Waals surface area (Å²) in [6.07, 6.45) is 5.48. The predicted molar refractivity (Wildman–Crippen MR) is 94.6 cm³/mol. The van der Waals surface area contributed by atoms with Gasteiger partial charge in [0.2, 0.25) is 0 Å². The van der Waals surface area contributed by atoms with E-state index in [1.807, 2.05) is 29.2 Å². The van der Waals surface area contributed by atoms with Gasteiger partial charge in [-0.05, 0) is 36.8 Å². The Kier molecular flexibility index (Phi) is 4.12. The third-order valence-electron chi connectivity index (χ3n) is 4.27. The van der Waals surface area contributed by atoms with Gasteiger partial charge in [-0.3, -0.25) is 0 Å². The quantitative estimate of drug-likeness (QED) is 0.533. The predicted octanol–water partition coefficient (Wildman–Crippen LogP) is 3.16. The van der Waals surface area contributed by atoms with Crippen LogP contribution in [-0.2, 0) is 4.74 Å². The van der Waals surface area contributed by atoms with Gasteiger partial charge in [0, 0.05) is 6.54 Å². The van der Waals surface area contributed by atoms with Crippen LogP contribution in [0.5, 0.6) is 0 Å². The largest absolute Gasteiger partial charge is 0.461 e. The third-order valence-corrected chi connectivity index (χ3v) is 4.27. The van der Waals surface area contributed by atoms with Crippen LogP contribution in [0.3, 0.4) is 0 Å². The molecule has 0 saturated carbocycles. The van der Waals surface area contributed by atoms with Crippen molar-refractivity contribution in [2.24, 2.45) is 0 Å². The van der Waals surface area contributed by atoms with Crippen molar-refractivity contribution in [1.82, 2.24) is 14.6 Å². The van der Waals surface area contributed by atoms with Gasteiger partial charge in [-0.1, -0.05) is 24.3 Å². The molecule has 1 aliphatic heterocycles. The Labute approximate surface area is 149 Å². The summed E-state index contributed by atoms with van der Waals surface area (Å²) in [5.74, 6) is -0.0726. The molecule has 6 nitrogen and oxygen atoms in total. The Hall–Kier alpha value is -3.22. The van der Waals surface area contributed by atoms with Gasteiger partial charge in [0.25, 0.3) is 0 Å². The molecular formula is C19H17FN4O2. The van der Waals surface area contributed by atoms with Crippen molar-refractivity contribution in [3.8, 4) is 0 Å². The minimum absolute atomic E-state index is 0.120. The number of anilines is 1. The summed E-state index contributed by atoms with van der Waals surface area (Å²) in [7, 11) is 0. The molecule has 0 amide bonds. The first-order valence-electron chi connectivity index (χ1n) is 8.38. The summed E-state index contributed by atoms with van der Waals surface area (Å²) in [4.78, 5) is 18.3. The molecule has 0 saturated heterocycles. The summed E-state index contributed by atoms with van der Waals surface area (Å²) in [6.45, 7) is 2.67. The lowest BCUT2D eigenvalue weighted by Gasteiger charge is -2.26. The average Bonchev–Trinajstić information content (AvgIpc) is 3.28. The second-order valence-electron chi connectivity index (χ2n) is 5.91. The standard InChI is InChI=1S/C19H17FN4O2/c1-2-26-19(25)16-12-21-17-8-9-18(22-24(16)17)23-10-4-7-15(23)13-5-3-6-14(20)11-13/h3-9,11-12,15H,2,10H2,1H3/t15-/m1/s1. The molecule has 3 heterocycles. The number of benzene rings is 1. The highest BCUT2D eigenvalue weighted by atomic mass is 19.1. The van der Waals surface area contributed by atoms with E-state index in [2.05, 4.69) is 10.1 Å². The van der Waals surface area contributed by atoms with Gasteiger partial charge in [-0.25, -0.2) is 18.7 Å². The molecule has 3 aromatic rings. The molecule has 1 aromatic carbocycles. The van der Waals surface area contributed by atoms with Crippen LogP contribution in [-0.4, -0.2) is 33.7 Å². The maximum atomic E-state index is 13.6. The number of nitrogens with zero attached hydrogens (tertiary/aromatic N) is 4. The van der Waals surface area contributed by atoms with Crippen LogP contribution in [0.4, 0.5) is 10.2 Å². The van der Waals surface area contributed by atoms with E-state index in [0.29, 0.717) is 18.0 Å². The Balaban J connectivity index is 1.72. The molecule has 132 valence electrons. The number of halogens is 1. The molecule has 0 unspecified atom stereocenters.